The van der Waals surface area contributed by atoms with Crippen molar-refractivity contribution < 1.29 is 0 Å². The summed E-state index contributed by atoms with van der Waals surface area (Å²) in [7, 11) is 0. The summed E-state index contributed by atoms with van der Waals surface area (Å²) < 4.78 is 0. The summed E-state index contributed by atoms with van der Waals surface area (Å²) in [5, 5.41) is 0. The van der Waals surface area contributed by atoms with Crippen LogP contribution in [0.4, 0.5) is 0 Å². The molecule has 2 nitrogen and oxygen atoms in total. The second kappa shape index (κ2) is 21.2. The Morgan fingerprint density at radius 2 is 0.742 bits per heavy atom. The van der Waals surface area contributed by atoms with Crippen molar-refractivity contribution in [3.63, 3.8) is 0 Å². The van der Waals surface area contributed by atoms with Crippen LogP contribution < -0.4 is 0 Å². The predicted molar refractivity (Wildman–Crippen MR) is 140 cm³/mol. The SMILES string of the molecule is CCCCCCCCCCCCCCN1C=CN(CCCCC)C1CCCCCCC. The molecule has 1 aliphatic rings. The quantitative estimate of drug-likeness (QED) is 0.148. The summed E-state index contributed by atoms with van der Waals surface area (Å²) in [5.74, 6) is 0. The number of rotatable bonds is 23. The van der Waals surface area contributed by atoms with Crippen LogP contribution in [0.5, 0.6) is 0 Å². The minimum atomic E-state index is 0.645. The summed E-state index contributed by atoms with van der Waals surface area (Å²) in [5.41, 5.74) is 0. The second-order valence-corrected chi connectivity index (χ2v) is 10.1. The first-order valence-electron chi connectivity index (χ1n) is 14.5. The smallest absolute Gasteiger partial charge is 0.101 e. The third kappa shape index (κ3) is 14.9. The maximum Gasteiger partial charge on any atom is 0.101 e. The van der Waals surface area contributed by atoms with Gasteiger partial charge in [0.25, 0.3) is 0 Å². The van der Waals surface area contributed by atoms with Gasteiger partial charge in [-0.05, 0) is 25.7 Å². The monoisotopic (exact) mass is 434 g/mol. The Morgan fingerprint density at radius 3 is 1.19 bits per heavy atom. The molecule has 1 rings (SSSR count). The van der Waals surface area contributed by atoms with Crippen molar-refractivity contribution >= 4 is 0 Å². The molecule has 0 bridgehead atoms. The Morgan fingerprint density at radius 1 is 0.419 bits per heavy atom. The lowest BCUT2D eigenvalue weighted by Gasteiger charge is -2.33. The molecule has 31 heavy (non-hydrogen) atoms. The van der Waals surface area contributed by atoms with Gasteiger partial charge in [0.1, 0.15) is 6.17 Å². The fraction of sp³-hybridized carbons (Fsp3) is 0.931. The molecule has 0 fully saturated rings. The van der Waals surface area contributed by atoms with Gasteiger partial charge in [0.2, 0.25) is 0 Å². The molecule has 1 heterocycles. The minimum absolute atomic E-state index is 0.645. The number of hydrogen-bond donors (Lipinski definition) is 0. The van der Waals surface area contributed by atoms with Gasteiger partial charge < -0.3 is 9.80 Å². The largest absolute Gasteiger partial charge is 0.356 e. The third-order valence-corrected chi connectivity index (χ3v) is 7.07. The summed E-state index contributed by atoms with van der Waals surface area (Å²) >= 11 is 0. The predicted octanol–water partition coefficient (Wildman–Crippen LogP) is 9.65. The summed E-state index contributed by atoms with van der Waals surface area (Å²) in [6, 6.07) is 0. The van der Waals surface area contributed by atoms with Crippen LogP contribution in [0.15, 0.2) is 12.4 Å². The van der Waals surface area contributed by atoms with E-state index in [2.05, 4.69) is 43.0 Å². The van der Waals surface area contributed by atoms with Gasteiger partial charge in [-0.1, -0.05) is 130 Å². The number of unbranched alkanes of at least 4 members (excludes halogenated alkanes) is 17. The minimum Gasteiger partial charge on any atom is -0.356 e. The van der Waals surface area contributed by atoms with Crippen LogP contribution in [0.2, 0.25) is 0 Å². The van der Waals surface area contributed by atoms with E-state index in [1.165, 1.54) is 148 Å². The van der Waals surface area contributed by atoms with Gasteiger partial charge in [-0.25, -0.2) is 0 Å². The molecule has 0 aliphatic carbocycles. The van der Waals surface area contributed by atoms with E-state index in [1.807, 2.05) is 0 Å². The van der Waals surface area contributed by atoms with Crippen molar-refractivity contribution in [3.8, 4) is 0 Å². The fourth-order valence-electron chi connectivity index (χ4n) is 4.95. The van der Waals surface area contributed by atoms with Gasteiger partial charge in [-0.2, -0.15) is 0 Å². The Labute approximate surface area is 197 Å². The average molecular weight is 435 g/mol. The zero-order valence-corrected chi connectivity index (χ0v) is 21.9. The highest BCUT2D eigenvalue weighted by atomic mass is 15.4. The lowest BCUT2D eigenvalue weighted by Crippen LogP contribution is -2.39. The maximum absolute atomic E-state index is 2.67. The van der Waals surface area contributed by atoms with E-state index < -0.39 is 0 Å². The summed E-state index contributed by atoms with van der Waals surface area (Å²) in [4.78, 5) is 5.32. The lowest BCUT2D eigenvalue weighted by molar-refractivity contribution is 0.135. The highest BCUT2D eigenvalue weighted by Crippen LogP contribution is 2.23. The molecule has 1 aliphatic heterocycles. The second-order valence-electron chi connectivity index (χ2n) is 10.1. The standard InChI is InChI=1S/C29H58N2/c1-4-7-10-12-13-14-15-16-17-18-20-23-26-31-28-27-30(25-22-9-6-3)29(31)24-21-19-11-8-5-2/h27-29H,4-26H2,1-3H3. The number of nitrogens with zero attached hydrogens (tertiary/aromatic N) is 2. The van der Waals surface area contributed by atoms with Gasteiger partial charge in [0.05, 0.1) is 0 Å². The molecule has 0 spiro atoms. The Kier molecular flexibility index (Phi) is 19.4. The molecule has 2 heteroatoms. The third-order valence-electron chi connectivity index (χ3n) is 7.07. The van der Waals surface area contributed by atoms with Crippen LogP contribution in [0.25, 0.3) is 0 Å². The van der Waals surface area contributed by atoms with Crippen LogP contribution in [0.1, 0.15) is 156 Å². The zero-order chi connectivity index (χ0) is 22.4. The Balaban J connectivity index is 2.13. The Bertz CT molecular complexity index is 392. The van der Waals surface area contributed by atoms with Crippen molar-refractivity contribution in [2.75, 3.05) is 13.1 Å². The molecular weight excluding hydrogens is 376 g/mol. The molecule has 0 radical (unpaired) electrons. The van der Waals surface area contributed by atoms with Gasteiger partial charge in [0.15, 0.2) is 0 Å². The molecule has 0 saturated carbocycles. The molecule has 0 N–H and O–H groups in total. The molecule has 1 unspecified atom stereocenters. The normalized spacial score (nSPS) is 16.0. The zero-order valence-electron chi connectivity index (χ0n) is 21.9. The fourth-order valence-corrected chi connectivity index (χ4v) is 4.95. The molecule has 184 valence electrons. The van der Waals surface area contributed by atoms with Crippen molar-refractivity contribution in [3.05, 3.63) is 12.4 Å². The highest BCUT2D eigenvalue weighted by molar-refractivity contribution is 4.96. The maximum atomic E-state index is 2.67. The molecule has 0 aromatic carbocycles. The van der Waals surface area contributed by atoms with Crippen molar-refractivity contribution in [1.82, 2.24) is 9.80 Å². The van der Waals surface area contributed by atoms with Crippen molar-refractivity contribution in [2.24, 2.45) is 0 Å². The van der Waals surface area contributed by atoms with Crippen molar-refractivity contribution in [2.45, 2.75) is 162 Å². The van der Waals surface area contributed by atoms with Crippen LogP contribution >= 0.6 is 0 Å². The number of hydrogen-bond acceptors (Lipinski definition) is 2. The Hall–Kier alpha value is -0.660. The lowest BCUT2D eigenvalue weighted by atomic mass is 10.1. The molecule has 0 aromatic heterocycles. The van der Waals surface area contributed by atoms with Gasteiger partial charge >= 0.3 is 0 Å². The van der Waals surface area contributed by atoms with Gasteiger partial charge in [-0.15, -0.1) is 0 Å². The van der Waals surface area contributed by atoms with Crippen LogP contribution in [-0.2, 0) is 0 Å². The van der Waals surface area contributed by atoms with Crippen LogP contribution in [0.3, 0.4) is 0 Å². The van der Waals surface area contributed by atoms with E-state index in [-0.39, 0.29) is 0 Å². The van der Waals surface area contributed by atoms with Crippen molar-refractivity contribution in [1.29, 1.82) is 0 Å². The highest BCUT2D eigenvalue weighted by Gasteiger charge is 2.24. The van der Waals surface area contributed by atoms with Crippen LogP contribution in [-0.4, -0.2) is 29.1 Å². The van der Waals surface area contributed by atoms with Gasteiger partial charge in [0, 0.05) is 25.5 Å². The van der Waals surface area contributed by atoms with E-state index in [1.54, 1.807) is 0 Å². The molecule has 0 amide bonds. The van der Waals surface area contributed by atoms with E-state index in [0.29, 0.717) is 6.17 Å². The first kappa shape index (κ1) is 28.4. The van der Waals surface area contributed by atoms with E-state index in [4.69, 9.17) is 0 Å². The first-order chi connectivity index (χ1) is 15.3. The summed E-state index contributed by atoms with van der Waals surface area (Å²) in [6.45, 7) is 9.44. The van der Waals surface area contributed by atoms with Gasteiger partial charge in [-0.3, -0.25) is 0 Å². The topological polar surface area (TPSA) is 6.48 Å². The molecule has 1 atom stereocenters. The van der Waals surface area contributed by atoms with Crippen LogP contribution in [0, 0.1) is 0 Å². The van der Waals surface area contributed by atoms with E-state index >= 15 is 0 Å². The van der Waals surface area contributed by atoms with E-state index in [0.717, 1.165) is 0 Å². The van der Waals surface area contributed by atoms with E-state index in [9.17, 15) is 0 Å². The first-order valence-corrected chi connectivity index (χ1v) is 14.5. The molecule has 0 saturated heterocycles. The average Bonchev–Trinajstić information content (AvgIpc) is 3.16. The summed E-state index contributed by atoms with van der Waals surface area (Å²) in [6.07, 6.45) is 35.1. The molecule has 0 aromatic rings. The molecular formula is C29H58N2.